The highest BCUT2D eigenvalue weighted by Gasteiger charge is 2.35. The number of aryl methyl sites for hydroxylation is 1. The molecular formula is C24H25F3N4O3. The molecule has 3 N–H and O–H groups in total. The maximum Gasteiger partial charge on any atom is 0.435 e. The second-order valence-corrected chi connectivity index (χ2v) is 8.18. The number of rotatable bonds is 6. The molecule has 180 valence electrons. The Bertz CT molecular complexity index is 1160. The minimum absolute atomic E-state index is 0.105. The van der Waals surface area contributed by atoms with Crippen molar-refractivity contribution in [1.82, 2.24) is 20.4 Å². The normalized spacial score (nSPS) is 15.5. The van der Waals surface area contributed by atoms with Crippen molar-refractivity contribution in [2.45, 2.75) is 44.6 Å². The molecule has 1 aliphatic rings. The predicted molar refractivity (Wildman–Crippen MR) is 118 cm³/mol. The molecule has 0 radical (unpaired) electrons. The number of ether oxygens (including phenoxy) is 1. The van der Waals surface area contributed by atoms with Crippen LogP contribution in [0.3, 0.4) is 0 Å². The van der Waals surface area contributed by atoms with Crippen LogP contribution >= 0.6 is 0 Å². The summed E-state index contributed by atoms with van der Waals surface area (Å²) in [5, 5.41) is 19.0. The fourth-order valence-corrected chi connectivity index (χ4v) is 4.09. The Balaban J connectivity index is 1.46. The monoisotopic (exact) mass is 474 g/mol. The van der Waals surface area contributed by atoms with E-state index in [1.165, 1.54) is 11.8 Å². The molecule has 10 heteroatoms. The SMILES string of the molecule is COc1ccc(Cn2nc(C(F)(F)F)cc2CNC(=O)NC2CCCc3ccc(O)cc32)cc1. The van der Waals surface area contributed by atoms with Gasteiger partial charge in [0.15, 0.2) is 5.69 Å². The first-order chi connectivity index (χ1) is 16.2. The largest absolute Gasteiger partial charge is 0.508 e. The Labute approximate surface area is 194 Å². The molecule has 1 unspecified atom stereocenters. The number of carbonyl (C=O) groups excluding carboxylic acids is 1. The van der Waals surface area contributed by atoms with Gasteiger partial charge in [0, 0.05) is 0 Å². The summed E-state index contributed by atoms with van der Waals surface area (Å²) < 4.78 is 46.2. The molecule has 2 amide bonds. The number of fused-ring (bicyclic) bond motifs is 1. The highest BCUT2D eigenvalue weighted by molar-refractivity contribution is 5.74. The first kappa shape index (κ1) is 23.5. The lowest BCUT2D eigenvalue weighted by Crippen LogP contribution is -2.39. The van der Waals surface area contributed by atoms with Gasteiger partial charge >= 0.3 is 12.2 Å². The Morgan fingerprint density at radius 1 is 1.21 bits per heavy atom. The number of halogens is 3. The van der Waals surface area contributed by atoms with E-state index in [9.17, 15) is 23.1 Å². The van der Waals surface area contributed by atoms with Gasteiger partial charge < -0.3 is 20.5 Å². The van der Waals surface area contributed by atoms with Crippen molar-refractivity contribution in [2.75, 3.05) is 7.11 Å². The molecule has 2 aromatic carbocycles. The van der Waals surface area contributed by atoms with Crippen molar-refractivity contribution in [3.8, 4) is 11.5 Å². The zero-order valence-corrected chi connectivity index (χ0v) is 18.5. The summed E-state index contributed by atoms with van der Waals surface area (Å²) in [4.78, 5) is 12.6. The number of alkyl halides is 3. The van der Waals surface area contributed by atoms with Crippen LogP contribution in [-0.2, 0) is 25.7 Å². The number of phenols is 1. The van der Waals surface area contributed by atoms with Crippen LogP contribution in [0.4, 0.5) is 18.0 Å². The lowest BCUT2D eigenvalue weighted by Gasteiger charge is -2.26. The molecule has 0 fully saturated rings. The molecule has 3 aromatic rings. The molecule has 1 heterocycles. The van der Waals surface area contributed by atoms with E-state index < -0.39 is 17.9 Å². The van der Waals surface area contributed by atoms with Crippen molar-refractivity contribution in [1.29, 1.82) is 0 Å². The topological polar surface area (TPSA) is 88.4 Å². The van der Waals surface area contributed by atoms with Gasteiger partial charge in [0.2, 0.25) is 0 Å². The third-order valence-electron chi connectivity index (χ3n) is 5.82. The van der Waals surface area contributed by atoms with E-state index in [1.54, 1.807) is 36.4 Å². The van der Waals surface area contributed by atoms with Gasteiger partial charge in [-0.3, -0.25) is 4.68 Å². The molecule has 34 heavy (non-hydrogen) atoms. The average Bonchev–Trinajstić information content (AvgIpc) is 3.22. The minimum atomic E-state index is -4.60. The molecule has 4 rings (SSSR count). The lowest BCUT2D eigenvalue weighted by molar-refractivity contribution is -0.141. The Kier molecular flexibility index (Phi) is 6.67. The summed E-state index contributed by atoms with van der Waals surface area (Å²) in [6.07, 6.45) is -2.15. The third-order valence-corrected chi connectivity index (χ3v) is 5.82. The summed E-state index contributed by atoms with van der Waals surface area (Å²) in [6.45, 7) is -0.0291. The summed E-state index contributed by atoms with van der Waals surface area (Å²) >= 11 is 0. The highest BCUT2D eigenvalue weighted by atomic mass is 19.4. The minimum Gasteiger partial charge on any atom is -0.508 e. The van der Waals surface area contributed by atoms with Gasteiger partial charge in [0.25, 0.3) is 0 Å². The molecule has 1 aromatic heterocycles. The molecule has 0 aliphatic heterocycles. The second kappa shape index (κ2) is 9.66. The van der Waals surface area contributed by atoms with Gasteiger partial charge in [-0.1, -0.05) is 18.2 Å². The van der Waals surface area contributed by atoms with Crippen molar-refractivity contribution in [3.05, 3.63) is 76.6 Å². The van der Waals surface area contributed by atoms with Gasteiger partial charge in [-0.2, -0.15) is 18.3 Å². The lowest BCUT2D eigenvalue weighted by atomic mass is 9.87. The Hall–Kier alpha value is -3.69. The number of aromatic hydroxyl groups is 1. The fourth-order valence-electron chi connectivity index (χ4n) is 4.09. The number of carbonyl (C=O) groups is 1. The van der Waals surface area contributed by atoms with Crippen LogP contribution in [0, 0.1) is 0 Å². The maximum absolute atomic E-state index is 13.3. The van der Waals surface area contributed by atoms with Crippen LogP contribution in [-0.4, -0.2) is 28.0 Å². The number of urea groups is 1. The summed E-state index contributed by atoms with van der Waals surface area (Å²) in [5.74, 6) is 0.756. The first-order valence-corrected chi connectivity index (χ1v) is 10.9. The third kappa shape index (κ3) is 5.44. The zero-order chi connectivity index (χ0) is 24.3. The summed E-state index contributed by atoms with van der Waals surface area (Å²) in [7, 11) is 1.53. The highest BCUT2D eigenvalue weighted by Crippen LogP contribution is 2.32. The molecule has 0 saturated heterocycles. The van der Waals surface area contributed by atoms with E-state index in [0.717, 1.165) is 35.6 Å². The molecule has 1 atom stereocenters. The number of nitrogens with zero attached hydrogens (tertiary/aromatic N) is 2. The smallest absolute Gasteiger partial charge is 0.435 e. The zero-order valence-electron chi connectivity index (χ0n) is 18.5. The molecule has 0 saturated carbocycles. The van der Waals surface area contributed by atoms with Crippen LogP contribution in [0.15, 0.2) is 48.5 Å². The van der Waals surface area contributed by atoms with Gasteiger partial charge in [0.1, 0.15) is 11.5 Å². The van der Waals surface area contributed by atoms with Crippen LogP contribution in [0.25, 0.3) is 0 Å². The number of hydrogen-bond acceptors (Lipinski definition) is 4. The van der Waals surface area contributed by atoms with Gasteiger partial charge in [-0.05, 0) is 66.3 Å². The molecule has 7 nitrogen and oxygen atoms in total. The van der Waals surface area contributed by atoms with Gasteiger partial charge in [-0.25, -0.2) is 4.79 Å². The summed E-state index contributed by atoms with van der Waals surface area (Å²) in [5.41, 5.74) is 1.85. The molecule has 0 bridgehead atoms. The number of aromatic nitrogens is 2. The summed E-state index contributed by atoms with van der Waals surface area (Å²) in [6, 6.07) is 12.2. The van der Waals surface area contributed by atoms with E-state index >= 15 is 0 Å². The van der Waals surface area contributed by atoms with E-state index in [0.29, 0.717) is 12.2 Å². The van der Waals surface area contributed by atoms with Crippen molar-refractivity contribution in [2.24, 2.45) is 0 Å². The van der Waals surface area contributed by atoms with Crippen LogP contribution < -0.4 is 15.4 Å². The number of hydrogen-bond donors (Lipinski definition) is 3. The van der Waals surface area contributed by atoms with Crippen molar-refractivity contribution in [3.63, 3.8) is 0 Å². The number of methoxy groups -OCH3 is 1. The maximum atomic E-state index is 13.3. The van der Waals surface area contributed by atoms with Crippen LogP contribution in [0.2, 0.25) is 0 Å². The number of amides is 2. The fraction of sp³-hybridized carbons (Fsp3) is 0.333. The van der Waals surface area contributed by atoms with E-state index in [2.05, 4.69) is 15.7 Å². The quantitative estimate of drug-likeness (QED) is 0.490. The molecule has 0 spiro atoms. The van der Waals surface area contributed by atoms with Gasteiger partial charge in [0.05, 0.1) is 31.9 Å². The number of nitrogens with one attached hydrogen (secondary N) is 2. The second-order valence-electron chi connectivity index (χ2n) is 8.18. The predicted octanol–water partition coefficient (Wildman–Crippen LogP) is 4.54. The van der Waals surface area contributed by atoms with E-state index in [4.69, 9.17) is 4.74 Å². The standard InChI is InChI=1S/C24H25F3N4O3/c1-34-19-9-5-15(6-10-19)14-31-17(11-22(30-31)24(25,26)27)13-28-23(33)29-21-4-2-3-16-7-8-18(32)12-20(16)21/h5-12,21,32H,2-4,13-14H2,1H3,(H2,28,29,33). The average molecular weight is 474 g/mol. The van der Waals surface area contributed by atoms with Crippen LogP contribution in [0.1, 0.15) is 47.0 Å². The van der Waals surface area contributed by atoms with Crippen LogP contribution in [0.5, 0.6) is 11.5 Å². The first-order valence-electron chi connectivity index (χ1n) is 10.9. The Morgan fingerprint density at radius 3 is 2.68 bits per heavy atom. The number of phenolic OH excluding ortho intramolecular Hbond substituents is 1. The van der Waals surface area contributed by atoms with E-state index in [1.807, 2.05) is 6.07 Å². The Morgan fingerprint density at radius 2 is 1.97 bits per heavy atom. The molecular weight excluding hydrogens is 449 g/mol. The van der Waals surface area contributed by atoms with E-state index in [-0.39, 0.29) is 30.6 Å². The van der Waals surface area contributed by atoms with Gasteiger partial charge in [-0.15, -0.1) is 0 Å². The number of benzene rings is 2. The van der Waals surface area contributed by atoms with Crippen molar-refractivity contribution < 1.29 is 27.8 Å². The van der Waals surface area contributed by atoms with Crippen molar-refractivity contribution >= 4 is 6.03 Å². The molecule has 1 aliphatic carbocycles.